The van der Waals surface area contributed by atoms with Gasteiger partial charge in [0, 0.05) is 5.56 Å². The first kappa shape index (κ1) is 15.3. The topological polar surface area (TPSA) is 70.5 Å². The van der Waals surface area contributed by atoms with E-state index in [0.717, 1.165) is 28.3 Å². The average Bonchev–Trinajstić information content (AvgIpc) is 2.95. The molecule has 118 valence electrons. The van der Waals surface area contributed by atoms with Gasteiger partial charge in [-0.3, -0.25) is 4.84 Å². The lowest BCUT2D eigenvalue weighted by Crippen LogP contribution is -2.00. The fourth-order valence-electron chi connectivity index (χ4n) is 2.24. The number of nitrogens with two attached hydrogens (primary N) is 1. The lowest BCUT2D eigenvalue weighted by Gasteiger charge is -2.06. The van der Waals surface area contributed by atoms with Crippen molar-refractivity contribution in [1.82, 2.24) is 4.98 Å². The quantitative estimate of drug-likeness (QED) is 0.704. The van der Waals surface area contributed by atoms with Crippen LogP contribution < -0.4 is 10.6 Å². The molecule has 0 radical (unpaired) electrons. The molecule has 23 heavy (non-hydrogen) atoms. The Balaban J connectivity index is 1.71. The van der Waals surface area contributed by atoms with Crippen molar-refractivity contribution in [2.45, 2.75) is 20.1 Å². The van der Waals surface area contributed by atoms with Crippen LogP contribution in [0.2, 0.25) is 0 Å². The van der Waals surface area contributed by atoms with Crippen LogP contribution in [0, 0.1) is 6.92 Å². The predicted octanol–water partition coefficient (Wildman–Crippen LogP) is 3.62. The van der Waals surface area contributed by atoms with Crippen LogP contribution >= 0.6 is 0 Å². The molecule has 5 heteroatoms. The molecule has 3 aromatic rings. The van der Waals surface area contributed by atoms with Gasteiger partial charge in [-0.05, 0) is 36.8 Å². The van der Waals surface area contributed by atoms with Crippen LogP contribution in [-0.2, 0) is 18.1 Å². The van der Waals surface area contributed by atoms with Gasteiger partial charge in [0.2, 0.25) is 5.89 Å². The molecule has 1 heterocycles. The highest BCUT2D eigenvalue weighted by Gasteiger charge is 2.11. The number of ether oxygens (including phenoxy) is 1. The number of aryl methyl sites for hydroxylation is 1. The lowest BCUT2D eigenvalue weighted by atomic mass is 10.2. The number of oxazole rings is 1. The first-order valence-corrected chi connectivity index (χ1v) is 7.31. The van der Waals surface area contributed by atoms with Gasteiger partial charge in [0.25, 0.3) is 0 Å². The summed E-state index contributed by atoms with van der Waals surface area (Å²) in [4.78, 5) is 9.15. The van der Waals surface area contributed by atoms with Crippen molar-refractivity contribution in [2.75, 3.05) is 0 Å². The van der Waals surface area contributed by atoms with Crippen LogP contribution in [0.4, 0.5) is 0 Å². The van der Waals surface area contributed by atoms with E-state index in [1.54, 1.807) is 0 Å². The van der Waals surface area contributed by atoms with Gasteiger partial charge >= 0.3 is 0 Å². The SMILES string of the molecule is Cc1oc(-c2ccccc2)nc1COc1cccc(CON)c1. The summed E-state index contributed by atoms with van der Waals surface area (Å²) in [6, 6.07) is 17.4. The van der Waals surface area contributed by atoms with Gasteiger partial charge in [0.1, 0.15) is 23.8 Å². The Hall–Kier alpha value is -2.63. The third kappa shape index (κ3) is 3.77. The molecule has 0 saturated carbocycles. The standard InChI is InChI=1S/C18H18N2O3/c1-13-17(20-18(23-13)15-7-3-2-4-8-15)12-21-16-9-5-6-14(10-16)11-22-19/h2-10H,11-12,19H2,1H3. The van der Waals surface area contributed by atoms with Crippen molar-refractivity contribution >= 4 is 0 Å². The van der Waals surface area contributed by atoms with Crippen LogP contribution in [0.15, 0.2) is 59.0 Å². The van der Waals surface area contributed by atoms with E-state index in [1.165, 1.54) is 0 Å². The fourth-order valence-corrected chi connectivity index (χ4v) is 2.24. The van der Waals surface area contributed by atoms with Crippen LogP contribution in [0.3, 0.4) is 0 Å². The van der Waals surface area contributed by atoms with Crippen molar-refractivity contribution < 1.29 is 14.0 Å². The van der Waals surface area contributed by atoms with E-state index >= 15 is 0 Å². The zero-order valence-corrected chi connectivity index (χ0v) is 12.9. The maximum Gasteiger partial charge on any atom is 0.226 e. The summed E-state index contributed by atoms with van der Waals surface area (Å²) in [5.74, 6) is 7.19. The molecule has 0 aliphatic carbocycles. The smallest absolute Gasteiger partial charge is 0.226 e. The Bertz CT molecular complexity index is 769. The first-order chi connectivity index (χ1) is 11.3. The summed E-state index contributed by atoms with van der Waals surface area (Å²) in [7, 11) is 0. The van der Waals surface area contributed by atoms with Gasteiger partial charge in [0.15, 0.2) is 0 Å². The Labute approximate surface area is 134 Å². The molecule has 0 saturated heterocycles. The second-order valence-corrected chi connectivity index (χ2v) is 5.14. The van der Waals surface area contributed by atoms with Crippen molar-refractivity contribution in [3.63, 3.8) is 0 Å². The van der Waals surface area contributed by atoms with E-state index < -0.39 is 0 Å². The van der Waals surface area contributed by atoms with Gasteiger partial charge < -0.3 is 9.15 Å². The van der Waals surface area contributed by atoms with E-state index in [0.29, 0.717) is 19.1 Å². The van der Waals surface area contributed by atoms with E-state index in [2.05, 4.69) is 9.82 Å². The molecule has 0 spiro atoms. The minimum Gasteiger partial charge on any atom is -0.487 e. The molecule has 3 rings (SSSR count). The third-order valence-electron chi connectivity index (χ3n) is 3.44. The van der Waals surface area contributed by atoms with Crippen molar-refractivity contribution in [3.05, 3.63) is 71.6 Å². The Morgan fingerprint density at radius 3 is 2.65 bits per heavy atom. The summed E-state index contributed by atoms with van der Waals surface area (Å²) >= 11 is 0. The zero-order valence-electron chi connectivity index (χ0n) is 12.9. The van der Waals surface area contributed by atoms with E-state index in [1.807, 2.05) is 61.5 Å². The van der Waals surface area contributed by atoms with E-state index in [-0.39, 0.29) is 0 Å². The van der Waals surface area contributed by atoms with Crippen LogP contribution in [0.1, 0.15) is 17.0 Å². The highest BCUT2D eigenvalue weighted by Crippen LogP contribution is 2.23. The van der Waals surface area contributed by atoms with Gasteiger partial charge in [-0.15, -0.1) is 0 Å². The monoisotopic (exact) mass is 310 g/mol. The number of rotatable bonds is 6. The minimum absolute atomic E-state index is 0.342. The molecule has 0 aliphatic heterocycles. The summed E-state index contributed by atoms with van der Waals surface area (Å²) in [5, 5.41) is 0. The average molecular weight is 310 g/mol. The molecule has 0 amide bonds. The number of benzene rings is 2. The number of hydrogen-bond acceptors (Lipinski definition) is 5. The molecular formula is C18H18N2O3. The summed E-state index contributed by atoms with van der Waals surface area (Å²) < 4.78 is 11.5. The number of nitrogens with zero attached hydrogens (tertiary/aromatic N) is 1. The molecule has 0 aliphatic rings. The van der Waals surface area contributed by atoms with Gasteiger partial charge in [-0.25, -0.2) is 10.9 Å². The summed E-state index contributed by atoms with van der Waals surface area (Å²) in [6.45, 7) is 2.57. The molecule has 0 bridgehead atoms. The Morgan fingerprint density at radius 2 is 1.87 bits per heavy atom. The van der Waals surface area contributed by atoms with E-state index in [4.69, 9.17) is 15.1 Å². The van der Waals surface area contributed by atoms with Crippen molar-refractivity contribution in [1.29, 1.82) is 0 Å². The van der Waals surface area contributed by atoms with Crippen molar-refractivity contribution in [3.8, 4) is 17.2 Å². The Morgan fingerprint density at radius 1 is 1.04 bits per heavy atom. The van der Waals surface area contributed by atoms with E-state index in [9.17, 15) is 0 Å². The van der Waals surface area contributed by atoms with Crippen LogP contribution in [0.25, 0.3) is 11.5 Å². The molecule has 0 fully saturated rings. The van der Waals surface area contributed by atoms with Crippen molar-refractivity contribution in [2.24, 2.45) is 5.90 Å². The highest BCUT2D eigenvalue weighted by atomic mass is 16.6. The van der Waals surface area contributed by atoms with Crippen LogP contribution in [0.5, 0.6) is 5.75 Å². The maximum absolute atomic E-state index is 5.79. The molecule has 1 aromatic heterocycles. The fraction of sp³-hybridized carbons (Fsp3) is 0.167. The summed E-state index contributed by atoms with van der Waals surface area (Å²) in [6.07, 6.45) is 0. The second-order valence-electron chi connectivity index (χ2n) is 5.14. The Kier molecular flexibility index (Phi) is 4.71. The maximum atomic E-state index is 5.79. The number of aromatic nitrogens is 1. The minimum atomic E-state index is 0.342. The molecule has 2 N–H and O–H groups in total. The molecule has 0 unspecified atom stereocenters. The first-order valence-electron chi connectivity index (χ1n) is 7.31. The van der Waals surface area contributed by atoms with Gasteiger partial charge in [0.05, 0.1) is 6.61 Å². The van der Waals surface area contributed by atoms with Gasteiger partial charge in [-0.2, -0.15) is 0 Å². The lowest BCUT2D eigenvalue weighted by molar-refractivity contribution is 0.124. The molecule has 5 nitrogen and oxygen atoms in total. The molecular weight excluding hydrogens is 292 g/mol. The van der Waals surface area contributed by atoms with Crippen LogP contribution in [-0.4, -0.2) is 4.98 Å². The number of hydrogen-bond donors (Lipinski definition) is 1. The van der Waals surface area contributed by atoms with Gasteiger partial charge in [-0.1, -0.05) is 30.3 Å². The third-order valence-corrected chi connectivity index (χ3v) is 3.44. The highest BCUT2D eigenvalue weighted by molar-refractivity contribution is 5.53. The largest absolute Gasteiger partial charge is 0.487 e. The molecule has 0 atom stereocenters. The second kappa shape index (κ2) is 7.09. The predicted molar refractivity (Wildman–Crippen MR) is 86.4 cm³/mol. The molecule has 2 aromatic carbocycles. The normalized spacial score (nSPS) is 10.7. The summed E-state index contributed by atoms with van der Waals surface area (Å²) in [5.41, 5.74) is 2.68. The zero-order chi connectivity index (χ0) is 16.1.